The van der Waals surface area contributed by atoms with Crippen molar-refractivity contribution in [1.29, 1.82) is 0 Å². The van der Waals surface area contributed by atoms with Gasteiger partial charge < -0.3 is 5.32 Å². The van der Waals surface area contributed by atoms with Crippen LogP contribution in [0, 0.1) is 5.92 Å². The summed E-state index contributed by atoms with van der Waals surface area (Å²) in [6.07, 6.45) is 2.85. The molecule has 1 aromatic rings. The molecule has 16 heavy (non-hydrogen) atoms. The number of nitrogens with zero attached hydrogens (tertiary/aromatic N) is 1. The molecule has 2 fully saturated rings. The van der Waals surface area contributed by atoms with Gasteiger partial charge in [-0.2, -0.15) is 11.3 Å². The van der Waals surface area contributed by atoms with Crippen LogP contribution in [0.4, 0.5) is 0 Å². The minimum Gasteiger partial charge on any atom is -0.309 e. The lowest BCUT2D eigenvalue weighted by Gasteiger charge is -2.42. The molecule has 88 valence electrons. The van der Waals surface area contributed by atoms with Crippen LogP contribution in [0.15, 0.2) is 16.8 Å². The second kappa shape index (κ2) is 4.13. The van der Waals surface area contributed by atoms with Crippen molar-refractivity contribution in [2.45, 2.75) is 31.8 Å². The molecule has 1 aliphatic carbocycles. The summed E-state index contributed by atoms with van der Waals surface area (Å²) in [5, 5.41) is 8.18. The van der Waals surface area contributed by atoms with Crippen LogP contribution in [0.2, 0.25) is 0 Å². The van der Waals surface area contributed by atoms with Crippen LogP contribution in [0.3, 0.4) is 0 Å². The van der Waals surface area contributed by atoms with Gasteiger partial charge >= 0.3 is 0 Å². The van der Waals surface area contributed by atoms with E-state index in [4.69, 9.17) is 0 Å². The van der Waals surface area contributed by atoms with Gasteiger partial charge in [0, 0.05) is 31.7 Å². The fourth-order valence-electron chi connectivity index (χ4n) is 2.87. The van der Waals surface area contributed by atoms with Gasteiger partial charge in [-0.15, -0.1) is 0 Å². The zero-order chi connectivity index (χ0) is 11.0. The summed E-state index contributed by atoms with van der Waals surface area (Å²) < 4.78 is 0. The van der Waals surface area contributed by atoms with E-state index < -0.39 is 0 Å². The summed E-state index contributed by atoms with van der Waals surface area (Å²) in [6, 6.07) is 2.25. The van der Waals surface area contributed by atoms with Crippen LogP contribution >= 0.6 is 11.3 Å². The second-order valence-electron chi connectivity index (χ2n) is 5.46. The number of hydrogen-bond acceptors (Lipinski definition) is 3. The van der Waals surface area contributed by atoms with Gasteiger partial charge in [-0.1, -0.05) is 0 Å². The Bertz CT molecular complexity index is 345. The van der Waals surface area contributed by atoms with Crippen LogP contribution in [0.5, 0.6) is 0 Å². The molecule has 0 aromatic carbocycles. The third kappa shape index (κ3) is 2.17. The van der Waals surface area contributed by atoms with Crippen molar-refractivity contribution >= 4 is 11.3 Å². The second-order valence-corrected chi connectivity index (χ2v) is 6.24. The Balaban J connectivity index is 1.63. The van der Waals surface area contributed by atoms with Crippen LogP contribution in [-0.4, -0.2) is 30.1 Å². The molecule has 0 spiro atoms. The van der Waals surface area contributed by atoms with E-state index in [1.807, 2.05) is 0 Å². The van der Waals surface area contributed by atoms with E-state index in [9.17, 15) is 0 Å². The minimum atomic E-state index is 0.383. The van der Waals surface area contributed by atoms with Gasteiger partial charge in [0.15, 0.2) is 0 Å². The maximum Gasteiger partial charge on any atom is 0.0309 e. The number of rotatable bonds is 3. The van der Waals surface area contributed by atoms with Crippen molar-refractivity contribution in [2.24, 2.45) is 5.92 Å². The highest BCUT2D eigenvalue weighted by Gasteiger charge is 2.43. The maximum atomic E-state index is 3.73. The third-order valence-electron chi connectivity index (χ3n) is 3.97. The fraction of sp³-hybridized carbons (Fsp3) is 0.692. The number of piperazine rings is 1. The Morgan fingerprint density at radius 2 is 2.44 bits per heavy atom. The Hall–Kier alpha value is -0.380. The first kappa shape index (κ1) is 10.8. The lowest BCUT2D eigenvalue weighted by atomic mass is 9.93. The first-order valence-corrected chi connectivity index (χ1v) is 7.19. The molecule has 0 bridgehead atoms. The monoisotopic (exact) mass is 236 g/mol. The quantitative estimate of drug-likeness (QED) is 0.866. The number of hydrogen-bond donors (Lipinski definition) is 1. The van der Waals surface area contributed by atoms with Gasteiger partial charge in [0.25, 0.3) is 0 Å². The molecule has 1 saturated carbocycles. The SMILES string of the molecule is CC1(C2CC2)CN(Cc2ccsc2)CCN1. The predicted octanol–water partition coefficient (Wildman–Crippen LogP) is 2.32. The highest BCUT2D eigenvalue weighted by molar-refractivity contribution is 7.07. The first-order chi connectivity index (χ1) is 7.76. The van der Waals surface area contributed by atoms with Crippen molar-refractivity contribution in [3.63, 3.8) is 0 Å². The molecule has 2 aliphatic rings. The summed E-state index contributed by atoms with van der Waals surface area (Å²) in [4.78, 5) is 2.61. The molecule has 3 rings (SSSR count). The average Bonchev–Trinajstić information content (AvgIpc) is 3.01. The molecule has 1 saturated heterocycles. The van der Waals surface area contributed by atoms with Crippen molar-refractivity contribution in [1.82, 2.24) is 10.2 Å². The highest BCUT2D eigenvalue weighted by Crippen LogP contribution is 2.40. The normalized spacial score (nSPS) is 31.8. The van der Waals surface area contributed by atoms with Gasteiger partial charge in [-0.3, -0.25) is 4.90 Å². The molecular weight excluding hydrogens is 216 g/mol. The smallest absolute Gasteiger partial charge is 0.0309 e. The average molecular weight is 236 g/mol. The van der Waals surface area contributed by atoms with Crippen molar-refractivity contribution < 1.29 is 0 Å². The molecule has 1 aromatic heterocycles. The molecule has 1 aliphatic heterocycles. The van der Waals surface area contributed by atoms with Gasteiger partial charge in [0.1, 0.15) is 0 Å². The summed E-state index contributed by atoms with van der Waals surface area (Å²) in [6.45, 7) is 7.10. The minimum absolute atomic E-state index is 0.383. The molecule has 2 nitrogen and oxygen atoms in total. The molecule has 1 N–H and O–H groups in total. The Morgan fingerprint density at radius 1 is 1.56 bits per heavy atom. The highest BCUT2D eigenvalue weighted by atomic mass is 32.1. The largest absolute Gasteiger partial charge is 0.309 e. The zero-order valence-electron chi connectivity index (χ0n) is 9.91. The summed E-state index contributed by atoms with van der Waals surface area (Å²) in [5.41, 5.74) is 1.86. The summed E-state index contributed by atoms with van der Waals surface area (Å²) in [7, 11) is 0. The van der Waals surface area contributed by atoms with E-state index in [-0.39, 0.29) is 0 Å². The Labute approximate surface area is 102 Å². The van der Waals surface area contributed by atoms with E-state index in [2.05, 4.69) is 34.0 Å². The third-order valence-corrected chi connectivity index (χ3v) is 4.71. The van der Waals surface area contributed by atoms with Gasteiger partial charge in [-0.25, -0.2) is 0 Å². The topological polar surface area (TPSA) is 15.3 Å². The van der Waals surface area contributed by atoms with Crippen molar-refractivity contribution in [3.8, 4) is 0 Å². The van der Waals surface area contributed by atoms with Gasteiger partial charge in [-0.05, 0) is 48.1 Å². The Morgan fingerprint density at radius 3 is 3.12 bits per heavy atom. The van der Waals surface area contributed by atoms with E-state index >= 15 is 0 Å². The van der Waals surface area contributed by atoms with Crippen LogP contribution in [0.1, 0.15) is 25.3 Å². The van der Waals surface area contributed by atoms with E-state index in [0.717, 1.165) is 19.0 Å². The first-order valence-electron chi connectivity index (χ1n) is 6.25. The summed E-state index contributed by atoms with van der Waals surface area (Å²) in [5.74, 6) is 0.928. The van der Waals surface area contributed by atoms with Crippen LogP contribution in [-0.2, 0) is 6.54 Å². The van der Waals surface area contributed by atoms with E-state index in [1.54, 1.807) is 11.3 Å². The Kier molecular flexibility index (Phi) is 2.78. The molecule has 0 amide bonds. The lowest BCUT2D eigenvalue weighted by molar-refractivity contribution is 0.121. The fourth-order valence-corrected chi connectivity index (χ4v) is 3.53. The zero-order valence-corrected chi connectivity index (χ0v) is 10.7. The van der Waals surface area contributed by atoms with Crippen LogP contribution in [0.25, 0.3) is 0 Å². The van der Waals surface area contributed by atoms with Gasteiger partial charge in [0.05, 0.1) is 0 Å². The van der Waals surface area contributed by atoms with E-state index in [1.165, 1.54) is 31.5 Å². The number of thiophene rings is 1. The number of nitrogens with one attached hydrogen (secondary N) is 1. The molecule has 3 heteroatoms. The van der Waals surface area contributed by atoms with Crippen LogP contribution < -0.4 is 5.32 Å². The summed E-state index contributed by atoms with van der Waals surface area (Å²) >= 11 is 1.80. The molecule has 0 radical (unpaired) electrons. The standard InChI is InChI=1S/C13H20N2S/c1-13(12-2-3-12)10-15(6-5-14-13)8-11-4-7-16-9-11/h4,7,9,12,14H,2-3,5-6,8,10H2,1H3. The van der Waals surface area contributed by atoms with Crippen molar-refractivity contribution in [2.75, 3.05) is 19.6 Å². The maximum absolute atomic E-state index is 3.73. The predicted molar refractivity (Wildman–Crippen MR) is 68.7 cm³/mol. The molecular formula is C13H20N2S. The molecule has 1 atom stereocenters. The molecule has 1 unspecified atom stereocenters. The van der Waals surface area contributed by atoms with Gasteiger partial charge in [0.2, 0.25) is 0 Å². The lowest BCUT2D eigenvalue weighted by Crippen LogP contribution is -2.59. The van der Waals surface area contributed by atoms with Crippen molar-refractivity contribution in [3.05, 3.63) is 22.4 Å². The molecule has 2 heterocycles. The van der Waals surface area contributed by atoms with E-state index in [0.29, 0.717) is 5.54 Å².